The minimum absolute atomic E-state index is 0.0665. The van der Waals surface area contributed by atoms with E-state index in [0.717, 1.165) is 62.2 Å². The van der Waals surface area contributed by atoms with Gasteiger partial charge in [0.1, 0.15) is 41.1 Å². The van der Waals surface area contributed by atoms with Gasteiger partial charge in [0, 0.05) is 169 Å². The number of aromatic nitrogens is 4. The van der Waals surface area contributed by atoms with Crippen molar-refractivity contribution >= 4 is 128 Å². The first-order chi connectivity index (χ1) is 61.8. The van der Waals surface area contributed by atoms with Gasteiger partial charge >= 0.3 is 30.3 Å². The van der Waals surface area contributed by atoms with E-state index in [9.17, 15) is 69.3 Å². The number of nitrogens with zero attached hydrogens (tertiary/aromatic N) is 14. The minimum atomic E-state index is -3.53. The molecule has 0 spiro atoms. The van der Waals surface area contributed by atoms with Crippen molar-refractivity contribution in [3.05, 3.63) is 93.7 Å². The Labute approximate surface area is 806 Å². The number of aliphatic carboxylic acids is 1. The predicted octanol–water partition coefficient (Wildman–Crippen LogP) is 10.00. The molecule has 8 aliphatic heterocycles. The van der Waals surface area contributed by atoms with E-state index in [0.29, 0.717) is 110 Å². The number of carbonyl (C=O) groups is 6. The number of amides is 5. The smallest absolute Gasteiger partial charge is 0.411 e. The molecule has 5 aromatic heterocycles. The molecule has 8 fully saturated rings. The van der Waals surface area contributed by atoms with Crippen LogP contribution in [0.1, 0.15) is 169 Å². The number of morpholine rings is 3. The topological polar surface area (TPSA) is 438 Å². The minimum Gasteiger partial charge on any atom is -0.480 e. The number of nitrogens with one attached hydrogen (secondary N) is 2. The van der Waals surface area contributed by atoms with Crippen molar-refractivity contribution in [3.63, 3.8) is 0 Å². The molecule has 8 saturated heterocycles. The van der Waals surface area contributed by atoms with E-state index in [-0.39, 0.29) is 78.8 Å². The van der Waals surface area contributed by atoms with Crippen LogP contribution in [0.4, 0.5) is 25.1 Å². The van der Waals surface area contributed by atoms with Crippen LogP contribution in [0.25, 0.3) is 0 Å². The van der Waals surface area contributed by atoms with Crippen molar-refractivity contribution in [1.82, 2.24) is 73.5 Å². The van der Waals surface area contributed by atoms with E-state index in [4.69, 9.17) is 55.4 Å². The van der Waals surface area contributed by atoms with E-state index in [2.05, 4.69) is 66.0 Å². The summed E-state index contributed by atoms with van der Waals surface area (Å²) in [5.41, 5.74) is -3.34. The monoisotopic (exact) mass is 2020 g/mol. The summed E-state index contributed by atoms with van der Waals surface area (Å²) in [6.07, 6.45) is 7.80. The first-order valence-electron chi connectivity index (χ1n) is 44.6. The summed E-state index contributed by atoms with van der Waals surface area (Å²) in [5, 5.41) is 41.2. The number of rotatable bonds is 14. The maximum absolute atomic E-state index is 13.3. The average molecular weight is 2030 g/mol. The summed E-state index contributed by atoms with van der Waals surface area (Å²) in [4.78, 5) is 105. The van der Waals surface area contributed by atoms with Gasteiger partial charge in [-0.05, 0) is 204 Å². The van der Waals surface area contributed by atoms with Crippen molar-refractivity contribution in [2.24, 2.45) is 0 Å². The molecular formula is C87H140Cl2N16O22S6. The molecule has 5 aromatic rings. The number of hydrogen-bond donors (Lipinski definition) is 5. The summed E-state index contributed by atoms with van der Waals surface area (Å²) in [5.74, 6) is -0.846. The number of ether oxygens (including phenoxy) is 7. The van der Waals surface area contributed by atoms with E-state index < -0.39 is 105 Å². The van der Waals surface area contributed by atoms with Gasteiger partial charge in [-0.2, -0.15) is 8.61 Å². The van der Waals surface area contributed by atoms with Crippen LogP contribution in [0.5, 0.6) is 0 Å². The second kappa shape index (κ2) is 50.1. The number of aliphatic hydroxyl groups is 2. The Kier molecular flexibility index (Phi) is 42.6. The molecule has 0 saturated carbocycles. The molecule has 38 nitrogen and oxygen atoms in total. The largest absolute Gasteiger partial charge is 0.480 e. The number of anilines is 1. The lowest BCUT2D eigenvalue weighted by molar-refractivity contribution is -0.147. The molecule has 8 atom stereocenters. The molecule has 750 valence electrons. The van der Waals surface area contributed by atoms with Crippen molar-refractivity contribution in [2.75, 3.05) is 162 Å². The highest BCUT2D eigenvalue weighted by Crippen LogP contribution is 2.31. The SMILES string of the molecule is CC(C)(C)OC(=O)N1CCN(C(=O)OC(C)(C)C)[C@@H](C(=O)O)C1.CC(C)(O)c1cnc(Cl)nc1.C[C@H]1CCCCN1C[C@H]1CN(S(=O)(=O)c2cccs2)CCN1.C[C@H]1COCCN1.C[C@H]1COCCN1C(=O)[C@H]1CN(C(=O)OC(C)(C)C)CCN1C(=O)OC(C)(C)C.C[C@H]1COCCN1C[C@H]1CN(S(=O)(=O)c2cccs2)CCN1c1ncc(C(C)(C)O)cn1.O=S(=O)(Cl)c1cccs1. The van der Waals surface area contributed by atoms with Gasteiger partial charge in [-0.3, -0.25) is 24.4 Å². The van der Waals surface area contributed by atoms with Gasteiger partial charge in [0.15, 0.2) is 6.04 Å². The van der Waals surface area contributed by atoms with Gasteiger partial charge in [0.25, 0.3) is 29.1 Å². The lowest BCUT2D eigenvalue weighted by Gasteiger charge is -2.44. The molecule has 5 amide bonds. The Hall–Kier alpha value is -6.93. The normalized spacial score (nSPS) is 22.5. The third-order valence-electron chi connectivity index (χ3n) is 21.5. The molecule has 0 aromatic carbocycles. The number of likely N-dealkylation sites (tertiary alicyclic amines) is 1. The molecule has 8 aliphatic rings. The van der Waals surface area contributed by atoms with Crippen molar-refractivity contribution in [3.8, 4) is 0 Å². The van der Waals surface area contributed by atoms with Gasteiger partial charge in [0.05, 0.1) is 76.0 Å². The Balaban J connectivity index is 0.000000222. The zero-order valence-corrected chi connectivity index (χ0v) is 86.7. The van der Waals surface area contributed by atoms with Crippen LogP contribution in [0.15, 0.2) is 90.0 Å². The van der Waals surface area contributed by atoms with Gasteiger partial charge in [-0.15, -0.1) is 34.0 Å². The summed E-state index contributed by atoms with van der Waals surface area (Å²) < 4.78 is 114. The maximum atomic E-state index is 13.3. The fourth-order valence-electron chi connectivity index (χ4n) is 14.5. The first-order valence-corrected chi connectivity index (χ1v) is 52.8. The highest BCUT2D eigenvalue weighted by Gasteiger charge is 2.46. The molecule has 0 bridgehead atoms. The third-order valence-corrected chi connectivity index (χ3v) is 31.2. The number of piperidine rings is 1. The van der Waals surface area contributed by atoms with Gasteiger partial charge in [-0.25, -0.2) is 69.2 Å². The molecular weight excluding hydrogens is 1880 g/mol. The third kappa shape index (κ3) is 37.1. The summed E-state index contributed by atoms with van der Waals surface area (Å²) in [6.45, 7) is 49.0. The van der Waals surface area contributed by atoms with Crippen LogP contribution in [0.2, 0.25) is 5.28 Å². The fourth-order valence-corrected chi connectivity index (χ4v) is 21.6. The number of hydrogen-bond acceptors (Lipinski definition) is 33. The Morgan fingerprint density at radius 2 is 0.932 bits per heavy atom. The van der Waals surface area contributed by atoms with E-state index in [1.54, 1.807) is 178 Å². The summed E-state index contributed by atoms with van der Waals surface area (Å²) in [7, 11) is -5.33. The molecule has 46 heteroatoms. The van der Waals surface area contributed by atoms with Crippen LogP contribution in [0, 0.1) is 0 Å². The molecule has 13 heterocycles. The number of thiophene rings is 3. The van der Waals surface area contributed by atoms with E-state index >= 15 is 0 Å². The molecule has 133 heavy (non-hydrogen) atoms. The number of carbonyl (C=O) groups excluding carboxylic acids is 5. The first kappa shape index (κ1) is 113. The maximum Gasteiger partial charge on any atom is 0.411 e. The van der Waals surface area contributed by atoms with Crippen LogP contribution in [0.3, 0.4) is 0 Å². The Bertz CT molecular complexity index is 4800. The molecule has 5 N–H and O–H groups in total. The van der Waals surface area contributed by atoms with Crippen LogP contribution < -0.4 is 15.5 Å². The Morgan fingerprint density at radius 3 is 1.35 bits per heavy atom. The predicted molar refractivity (Wildman–Crippen MR) is 510 cm³/mol. The number of halogens is 2. The van der Waals surface area contributed by atoms with Crippen LogP contribution in [-0.2, 0) is 83.0 Å². The molecule has 0 unspecified atom stereocenters. The molecule has 0 radical (unpaired) electrons. The van der Waals surface area contributed by atoms with Gasteiger partial charge < -0.3 is 78.7 Å². The molecule has 0 aliphatic carbocycles. The van der Waals surface area contributed by atoms with E-state index in [1.807, 2.05) is 12.3 Å². The Morgan fingerprint density at radius 1 is 0.481 bits per heavy atom. The zero-order chi connectivity index (χ0) is 99.0. The number of carboxylic acids is 1. The highest BCUT2D eigenvalue weighted by atomic mass is 35.7. The second-order valence-corrected chi connectivity index (χ2v) is 48.6. The standard InChI is InChI=1S/C21H31N5O4S2.C20H35N3O6.C15H25N3O2S2.C15H26N2O6.C7H9ClN2O.C5H11NO.C4H3ClO2S2/c1-16-15-30-9-8-24(16)13-18-14-25(32(28,29)19-5-4-10-31-19)6-7-26(18)20-22-11-17(12-23-20)21(2,3)27;1-14-13-27-11-10-22(14)16(24)15-12-21(17(25)28-19(2,3)4)8-9-23(15)18(26)29-20(5,6)7;1-13-5-2-3-8-17(13)11-14-12-18(9-7-16-14)22(19,20)15-6-4-10-21-15;1-14(2,3)22-12(20)16-7-8-17(10(9-16)11(18)19)13(21)23-15(4,5)6;1-7(2,11)5-3-9-6(8)10-4-5;1-5-4-7-3-2-6-5;5-9(6,7)4-2-1-3-8-4/h4-5,10-12,16,18,27H,6-9,13-15H2,1-3H3;14-15H,8-13H2,1-7H3;4,6,10,13-14,16H,2-3,5,7-9,11-12H2,1H3;10H,7-9H2,1-6H3,(H,18,19);3-4,11H,1-2H3;5-6H,2-4H2,1H3;1-3H/t16-,18-;14-,15+;13-,14-;10-;;5-;/m0001.0./s1. The number of sulfonamides is 2. The van der Waals surface area contributed by atoms with Crippen LogP contribution >= 0.6 is 56.3 Å². The summed E-state index contributed by atoms with van der Waals surface area (Å²) in [6, 6.07) is 9.48. The number of carboxylic acid groups (broad SMARTS) is 1. The van der Waals surface area contributed by atoms with Crippen molar-refractivity contribution in [1.29, 1.82) is 0 Å². The quantitative estimate of drug-likeness (QED) is 0.0392. The lowest BCUT2D eigenvalue weighted by atomic mass is 10.0. The van der Waals surface area contributed by atoms with E-state index in [1.165, 1.54) is 75.1 Å². The van der Waals surface area contributed by atoms with Crippen molar-refractivity contribution in [2.45, 2.75) is 252 Å². The fraction of sp³-hybridized carbons (Fsp3) is 0.701. The lowest BCUT2D eigenvalue weighted by Crippen LogP contribution is -2.64. The number of piperazine rings is 4. The average Bonchev–Trinajstić information content (AvgIpc) is 1.32. The second-order valence-electron chi connectivity index (χ2n) is 38.3. The zero-order valence-electron chi connectivity index (χ0n) is 80.3. The van der Waals surface area contributed by atoms with Gasteiger partial charge in [0.2, 0.25) is 17.1 Å². The van der Waals surface area contributed by atoms with Gasteiger partial charge in [-0.1, -0.05) is 24.6 Å². The molecule has 13 rings (SSSR count). The summed E-state index contributed by atoms with van der Waals surface area (Å²) >= 11 is 9.11. The highest BCUT2D eigenvalue weighted by molar-refractivity contribution is 8.15. The van der Waals surface area contributed by atoms with Crippen LogP contribution in [-0.4, -0.2) is 368 Å². The van der Waals surface area contributed by atoms with Crippen molar-refractivity contribution < 1.29 is 102 Å².